The molecule has 2 aliphatic heterocycles. The van der Waals surface area contributed by atoms with Crippen LogP contribution in [0.3, 0.4) is 0 Å². The normalized spacial score (nSPS) is 16.7. The number of fused-ring (bicyclic) bond motifs is 1. The smallest absolute Gasteiger partial charge is 0.323 e. The number of aromatic nitrogens is 2. The van der Waals surface area contributed by atoms with Crippen LogP contribution in [-0.4, -0.2) is 76.0 Å². The summed E-state index contributed by atoms with van der Waals surface area (Å²) in [6, 6.07) is 8.88. The molecule has 2 aliphatic rings. The van der Waals surface area contributed by atoms with Crippen LogP contribution in [0.5, 0.6) is 0 Å². The molecule has 2 fully saturated rings. The van der Waals surface area contributed by atoms with E-state index in [-0.39, 0.29) is 12.1 Å². The van der Waals surface area contributed by atoms with Crippen LogP contribution in [0.15, 0.2) is 40.9 Å². The molecule has 4 amide bonds. The van der Waals surface area contributed by atoms with E-state index < -0.39 is 0 Å². The molecule has 0 atom stereocenters. The minimum Gasteiger partial charge on any atom is -0.439 e. The van der Waals surface area contributed by atoms with Gasteiger partial charge in [-0.15, -0.1) is 0 Å². The van der Waals surface area contributed by atoms with E-state index in [1.54, 1.807) is 18.3 Å². The Kier molecular flexibility index (Phi) is 6.31. The number of likely N-dealkylation sites (tertiary alicyclic amines) is 1. The van der Waals surface area contributed by atoms with Gasteiger partial charge in [0.1, 0.15) is 5.52 Å². The van der Waals surface area contributed by atoms with Gasteiger partial charge in [-0.3, -0.25) is 9.88 Å². The lowest BCUT2D eigenvalue weighted by Gasteiger charge is -2.36. The number of nitrogens with zero attached hydrogens (tertiary/aromatic N) is 5. The molecular formula is C24H29N7O3. The molecule has 0 aliphatic carbocycles. The molecule has 10 nitrogen and oxygen atoms in total. The summed E-state index contributed by atoms with van der Waals surface area (Å²) >= 11 is 0. The van der Waals surface area contributed by atoms with Gasteiger partial charge < -0.3 is 24.9 Å². The van der Waals surface area contributed by atoms with Crippen molar-refractivity contribution in [3.63, 3.8) is 0 Å². The highest BCUT2D eigenvalue weighted by molar-refractivity contribution is 6.04. The lowest BCUT2D eigenvalue weighted by Crippen LogP contribution is -2.52. The third-order valence-electron chi connectivity index (χ3n) is 6.26. The Bertz CT molecular complexity index is 1160. The molecule has 2 saturated heterocycles. The maximum atomic E-state index is 12.6. The fourth-order valence-corrected chi connectivity index (χ4v) is 4.39. The van der Waals surface area contributed by atoms with Crippen molar-refractivity contribution in [2.24, 2.45) is 0 Å². The Morgan fingerprint density at radius 2 is 1.74 bits per heavy atom. The van der Waals surface area contributed by atoms with Gasteiger partial charge in [0, 0.05) is 45.0 Å². The zero-order valence-electron chi connectivity index (χ0n) is 19.3. The summed E-state index contributed by atoms with van der Waals surface area (Å²) in [7, 11) is 0. The molecule has 0 spiro atoms. The van der Waals surface area contributed by atoms with Crippen molar-refractivity contribution < 1.29 is 14.0 Å². The highest BCUT2D eigenvalue weighted by Crippen LogP contribution is 2.25. The molecule has 2 aromatic heterocycles. The molecule has 1 aromatic carbocycles. The fourth-order valence-electron chi connectivity index (χ4n) is 4.39. The van der Waals surface area contributed by atoms with Gasteiger partial charge in [-0.25, -0.2) is 14.6 Å². The largest absolute Gasteiger partial charge is 0.439 e. The Morgan fingerprint density at radius 3 is 2.47 bits per heavy atom. The Morgan fingerprint density at radius 1 is 0.971 bits per heavy atom. The highest BCUT2D eigenvalue weighted by Gasteiger charge is 2.27. The van der Waals surface area contributed by atoms with E-state index in [9.17, 15) is 9.59 Å². The van der Waals surface area contributed by atoms with Gasteiger partial charge in [0.05, 0.1) is 24.1 Å². The van der Waals surface area contributed by atoms with E-state index >= 15 is 0 Å². The number of pyridine rings is 1. The van der Waals surface area contributed by atoms with E-state index in [2.05, 4.69) is 25.5 Å². The molecule has 3 aromatic rings. The predicted octanol–water partition coefficient (Wildman–Crippen LogP) is 3.51. The number of rotatable bonds is 4. The summed E-state index contributed by atoms with van der Waals surface area (Å²) < 4.78 is 5.96. The number of carbonyl (C=O) groups is 2. The molecular weight excluding hydrogens is 434 g/mol. The lowest BCUT2D eigenvalue weighted by molar-refractivity contribution is 0.111. The molecule has 0 unspecified atom stereocenters. The van der Waals surface area contributed by atoms with Gasteiger partial charge in [0.15, 0.2) is 5.58 Å². The summed E-state index contributed by atoms with van der Waals surface area (Å²) in [5, 5.41) is 5.62. The Hall–Kier alpha value is -3.66. The first kappa shape index (κ1) is 22.1. The molecule has 34 heavy (non-hydrogen) atoms. The van der Waals surface area contributed by atoms with Crippen molar-refractivity contribution in [3.05, 3.63) is 48.1 Å². The second-order valence-electron chi connectivity index (χ2n) is 8.77. The van der Waals surface area contributed by atoms with Crippen molar-refractivity contribution in [1.82, 2.24) is 24.7 Å². The van der Waals surface area contributed by atoms with Gasteiger partial charge in [-0.1, -0.05) is 6.07 Å². The van der Waals surface area contributed by atoms with E-state index in [0.29, 0.717) is 48.0 Å². The molecule has 178 valence electrons. The SMILES string of the molecule is Cc1ccc(NC(=O)Nc2cccc3oc(CN4CCN(C(=O)N5CCCC5)CC4)nc23)cn1. The van der Waals surface area contributed by atoms with Crippen molar-refractivity contribution in [2.45, 2.75) is 26.3 Å². The number of piperazine rings is 1. The molecule has 10 heteroatoms. The maximum Gasteiger partial charge on any atom is 0.323 e. The van der Waals surface area contributed by atoms with Crippen LogP contribution in [0, 0.1) is 6.92 Å². The third kappa shape index (κ3) is 4.96. The van der Waals surface area contributed by atoms with Crippen LogP contribution in [0.25, 0.3) is 11.1 Å². The van der Waals surface area contributed by atoms with E-state index in [4.69, 9.17) is 4.42 Å². The quantitative estimate of drug-likeness (QED) is 0.613. The van der Waals surface area contributed by atoms with Crippen molar-refractivity contribution in [1.29, 1.82) is 0 Å². The average molecular weight is 464 g/mol. The van der Waals surface area contributed by atoms with Gasteiger partial charge in [0.2, 0.25) is 5.89 Å². The van der Waals surface area contributed by atoms with E-state index in [1.165, 1.54) is 0 Å². The van der Waals surface area contributed by atoms with Crippen molar-refractivity contribution in [3.8, 4) is 0 Å². The van der Waals surface area contributed by atoms with E-state index in [0.717, 1.165) is 44.7 Å². The standard InChI is InChI=1S/C24H29N7O3/c1-17-7-8-18(15-25-17)26-23(32)27-19-5-4-6-20-22(19)28-21(34-20)16-29-11-13-31(14-12-29)24(33)30-9-2-3-10-30/h4-8,15H,2-3,9-14,16H2,1H3,(H2,26,27,32). The second kappa shape index (κ2) is 9.68. The number of hydrogen-bond donors (Lipinski definition) is 2. The molecule has 0 radical (unpaired) electrons. The number of oxazole rings is 1. The molecule has 2 N–H and O–H groups in total. The first-order valence-electron chi connectivity index (χ1n) is 11.7. The number of hydrogen-bond acceptors (Lipinski definition) is 6. The third-order valence-corrected chi connectivity index (χ3v) is 6.26. The number of anilines is 2. The predicted molar refractivity (Wildman–Crippen MR) is 129 cm³/mol. The summed E-state index contributed by atoms with van der Waals surface area (Å²) in [5.41, 5.74) is 3.29. The van der Waals surface area contributed by atoms with Crippen LogP contribution >= 0.6 is 0 Å². The maximum absolute atomic E-state index is 12.6. The summed E-state index contributed by atoms with van der Waals surface area (Å²) in [4.78, 5) is 40.0. The summed E-state index contributed by atoms with van der Waals surface area (Å²) in [6.45, 7) is 7.15. The summed E-state index contributed by atoms with van der Waals surface area (Å²) in [5.74, 6) is 0.590. The number of amides is 4. The fraction of sp³-hybridized carbons (Fsp3) is 0.417. The van der Waals surface area contributed by atoms with Crippen LogP contribution in [0.2, 0.25) is 0 Å². The minimum atomic E-state index is -0.374. The average Bonchev–Trinajstić information content (AvgIpc) is 3.51. The first-order valence-corrected chi connectivity index (χ1v) is 11.7. The Balaban J connectivity index is 1.19. The van der Waals surface area contributed by atoms with Crippen LogP contribution in [0.4, 0.5) is 21.0 Å². The van der Waals surface area contributed by atoms with Gasteiger partial charge in [-0.2, -0.15) is 0 Å². The highest BCUT2D eigenvalue weighted by atomic mass is 16.3. The molecule has 0 saturated carbocycles. The van der Waals surface area contributed by atoms with Crippen LogP contribution in [-0.2, 0) is 6.54 Å². The van der Waals surface area contributed by atoms with E-state index in [1.807, 2.05) is 34.9 Å². The number of aryl methyl sites for hydroxylation is 1. The number of para-hydroxylation sites is 1. The number of benzene rings is 1. The van der Waals surface area contributed by atoms with Crippen LogP contribution in [0.1, 0.15) is 24.4 Å². The molecule has 4 heterocycles. The summed E-state index contributed by atoms with van der Waals surface area (Å²) in [6.07, 6.45) is 3.82. The van der Waals surface area contributed by atoms with Gasteiger partial charge in [-0.05, 0) is 44.0 Å². The zero-order valence-corrected chi connectivity index (χ0v) is 19.3. The zero-order chi connectivity index (χ0) is 23.5. The van der Waals surface area contributed by atoms with Crippen LogP contribution < -0.4 is 10.6 Å². The second-order valence-corrected chi connectivity index (χ2v) is 8.77. The van der Waals surface area contributed by atoms with Crippen molar-refractivity contribution in [2.75, 3.05) is 49.9 Å². The van der Waals surface area contributed by atoms with Gasteiger partial charge >= 0.3 is 12.1 Å². The number of carbonyl (C=O) groups excluding carboxylic acids is 2. The molecule has 5 rings (SSSR count). The monoisotopic (exact) mass is 463 g/mol. The van der Waals surface area contributed by atoms with Gasteiger partial charge in [0.25, 0.3) is 0 Å². The minimum absolute atomic E-state index is 0.162. The lowest BCUT2D eigenvalue weighted by atomic mass is 10.3. The Labute approximate surface area is 197 Å². The molecule has 0 bridgehead atoms. The topological polar surface area (TPSA) is 107 Å². The number of nitrogens with one attached hydrogen (secondary N) is 2. The van der Waals surface area contributed by atoms with Crippen molar-refractivity contribution >= 4 is 34.5 Å². The first-order chi connectivity index (χ1) is 16.5. The number of urea groups is 2.